The van der Waals surface area contributed by atoms with Gasteiger partial charge < -0.3 is 5.11 Å². The first kappa shape index (κ1) is 8.96. The molecule has 0 bridgehead atoms. The van der Waals surface area contributed by atoms with Crippen LogP contribution < -0.4 is 0 Å². The van der Waals surface area contributed by atoms with E-state index in [2.05, 4.69) is 9.97 Å². The highest BCUT2D eigenvalue weighted by Crippen LogP contribution is 2.16. The topological polar surface area (TPSA) is 67.5 Å². The smallest absolute Gasteiger partial charge is 0.309 e. The van der Waals surface area contributed by atoms with Gasteiger partial charge in [-0.3, -0.25) is 9.20 Å². The number of carboxylic acid groups (broad SMARTS) is 1. The summed E-state index contributed by atoms with van der Waals surface area (Å²) in [5.41, 5.74) is 0.447. The number of imidazole rings is 1. The highest BCUT2D eigenvalue weighted by atomic mass is 35.5. The Morgan fingerprint density at radius 3 is 3.14 bits per heavy atom. The van der Waals surface area contributed by atoms with Crippen molar-refractivity contribution in [2.75, 3.05) is 0 Å². The van der Waals surface area contributed by atoms with Crippen molar-refractivity contribution in [1.82, 2.24) is 14.4 Å². The van der Waals surface area contributed by atoms with E-state index in [-0.39, 0.29) is 11.6 Å². The van der Waals surface area contributed by atoms with E-state index in [4.69, 9.17) is 16.7 Å². The van der Waals surface area contributed by atoms with Gasteiger partial charge in [0.15, 0.2) is 5.15 Å². The number of hydrogen-bond acceptors (Lipinski definition) is 3. The van der Waals surface area contributed by atoms with E-state index in [0.717, 1.165) is 0 Å². The van der Waals surface area contributed by atoms with Gasteiger partial charge in [0.05, 0.1) is 12.1 Å². The SMILES string of the molecule is O=C(O)Cc1c(Cl)nc2ncccn12. The molecule has 6 heteroatoms. The van der Waals surface area contributed by atoms with Gasteiger partial charge in [-0.25, -0.2) is 4.98 Å². The summed E-state index contributed by atoms with van der Waals surface area (Å²) in [6.07, 6.45) is 3.09. The molecule has 0 fully saturated rings. The third kappa shape index (κ3) is 1.42. The standard InChI is InChI=1S/C8H6ClN3O2/c9-7-5(4-6(13)14)12-3-1-2-10-8(12)11-7/h1-3H,4H2,(H,13,14). The Morgan fingerprint density at radius 2 is 2.43 bits per heavy atom. The van der Waals surface area contributed by atoms with Crippen LogP contribution in [0.4, 0.5) is 0 Å². The lowest BCUT2D eigenvalue weighted by Gasteiger charge is -1.96. The van der Waals surface area contributed by atoms with Crippen molar-refractivity contribution in [1.29, 1.82) is 0 Å². The second-order valence-electron chi connectivity index (χ2n) is 2.71. The lowest BCUT2D eigenvalue weighted by molar-refractivity contribution is -0.136. The molecule has 0 aliphatic carbocycles. The number of carboxylic acids is 1. The van der Waals surface area contributed by atoms with Crippen molar-refractivity contribution in [3.05, 3.63) is 29.3 Å². The number of rotatable bonds is 2. The zero-order valence-electron chi connectivity index (χ0n) is 7.01. The molecule has 2 aromatic heterocycles. The highest BCUT2D eigenvalue weighted by Gasteiger charge is 2.13. The molecule has 0 amide bonds. The number of aliphatic carboxylic acids is 1. The fraction of sp³-hybridized carbons (Fsp3) is 0.125. The third-order valence-electron chi connectivity index (χ3n) is 1.77. The van der Waals surface area contributed by atoms with Crippen LogP contribution >= 0.6 is 11.6 Å². The lowest BCUT2D eigenvalue weighted by atomic mass is 10.3. The molecule has 2 heterocycles. The maximum absolute atomic E-state index is 10.5. The fourth-order valence-electron chi connectivity index (χ4n) is 1.21. The maximum Gasteiger partial charge on any atom is 0.309 e. The molecule has 0 radical (unpaired) electrons. The van der Waals surface area contributed by atoms with E-state index in [0.29, 0.717) is 11.5 Å². The number of hydrogen-bond donors (Lipinski definition) is 1. The summed E-state index contributed by atoms with van der Waals surface area (Å²) in [7, 11) is 0. The van der Waals surface area contributed by atoms with Gasteiger partial charge in [0, 0.05) is 12.4 Å². The Labute approximate surface area is 84.0 Å². The van der Waals surface area contributed by atoms with E-state index in [1.54, 1.807) is 22.9 Å². The lowest BCUT2D eigenvalue weighted by Crippen LogP contribution is -2.03. The second-order valence-corrected chi connectivity index (χ2v) is 3.07. The van der Waals surface area contributed by atoms with Crippen molar-refractivity contribution < 1.29 is 9.90 Å². The van der Waals surface area contributed by atoms with Crippen molar-refractivity contribution >= 4 is 23.3 Å². The first-order valence-corrected chi connectivity index (χ1v) is 4.25. The highest BCUT2D eigenvalue weighted by molar-refractivity contribution is 6.30. The van der Waals surface area contributed by atoms with E-state index >= 15 is 0 Å². The second kappa shape index (κ2) is 3.26. The molecular formula is C8H6ClN3O2. The normalized spacial score (nSPS) is 10.6. The predicted octanol–water partition coefficient (Wildman–Crippen LogP) is 1.01. The minimum atomic E-state index is -0.947. The molecule has 2 rings (SSSR count). The molecule has 14 heavy (non-hydrogen) atoms. The van der Waals surface area contributed by atoms with Crippen molar-refractivity contribution in [3.63, 3.8) is 0 Å². The summed E-state index contributed by atoms with van der Waals surface area (Å²) in [6.45, 7) is 0. The summed E-state index contributed by atoms with van der Waals surface area (Å²) >= 11 is 5.78. The molecule has 0 saturated carbocycles. The van der Waals surface area contributed by atoms with Crippen LogP contribution in [0.25, 0.3) is 5.78 Å². The van der Waals surface area contributed by atoms with Gasteiger partial charge in [0.2, 0.25) is 5.78 Å². The number of nitrogens with zero attached hydrogens (tertiary/aromatic N) is 3. The van der Waals surface area contributed by atoms with Crippen LogP contribution in [-0.2, 0) is 11.2 Å². The van der Waals surface area contributed by atoms with Crippen LogP contribution in [-0.4, -0.2) is 25.4 Å². The zero-order valence-corrected chi connectivity index (χ0v) is 7.77. The van der Waals surface area contributed by atoms with Crippen LogP contribution in [0.15, 0.2) is 18.5 Å². The maximum atomic E-state index is 10.5. The molecule has 0 aromatic carbocycles. The molecule has 72 valence electrons. The molecule has 0 aliphatic rings. The Morgan fingerprint density at radius 1 is 1.64 bits per heavy atom. The minimum Gasteiger partial charge on any atom is -0.481 e. The first-order valence-electron chi connectivity index (χ1n) is 3.87. The summed E-state index contributed by atoms with van der Waals surface area (Å²) in [5, 5.41) is 8.84. The molecule has 0 saturated heterocycles. The van der Waals surface area contributed by atoms with Gasteiger partial charge in [-0.1, -0.05) is 11.6 Å². The third-order valence-corrected chi connectivity index (χ3v) is 2.08. The van der Waals surface area contributed by atoms with E-state index in [9.17, 15) is 4.79 Å². The number of halogens is 1. The quantitative estimate of drug-likeness (QED) is 0.805. The van der Waals surface area contributed by atoms with Crippen LogP contribution in [0.1, 0.15) is 5.69 Å². The summed E-state index contributed by atoms with van der Waals surface area (Å²) < 4.78 is 1.57. The van der Waals surface area contributed by atoms with Gasteiger partial charge in [0.25, 0.3) is 0 Å². The average molecular weight is 212 g/mol. The summed E-state index contributed by atoms with van der Waals surface area (Å²) in [4.78, 5) is 18.4. The number of aromatic nitrogens is 3. The molecular weight excluding hydrogens is 206 g/mol. The Balaban J connectivity index is 2.62. The van der Waals surface area contributed by atoms with Gasteiger partial charge in [-0.15, -0.1) is 0 Å². The summed E-state index contributed by atoms with van der Waals surface area (Å²) in [6, 6.07) is 1.69. The van der Waals surface area contributed by atoms with Crippen molar-refractivity contribution in [2.45, 2.75) is 6.42 Å². The largest absolute Gasteiger partial charge is 0.481 e. The molecule has 0 spiro atoms. The summed E-state index contributed by atoms with van der Waals surface area (Å²) in [5.74, 6) is -0.536. The van der Waals surface area contributed by atoms with Gasteiger partial charge in [0.1, 0.15) is 0 Å². The van der Waals surface area contributed by atoms with Gasteiger partial charge in [-0.2, -0.15) is 4.98 Å². The van der Waals surface area contributed by atoms with E-state index in [1.165, 1.54) is 0 Å². The van der Waals surface area contributed by atoms with Crippen molar-refractivity contribution in [3.8, 4) is 0 Å². The Kier molecular flexibility index (Phi) is 2.09. The van der Waals surface area contributed by atoms with Crippen LogP contribution in [0.2, 0.25) is 5.15 Å². The molecule has 0 aliphatic heterocycles. The van der Waals surface area contributed by atoms with Crippen LogP contribution in [0.5, 0.6) is 0 Å². The molecule has 1 N–H and O–H groups in total. The van der Waals surface area contributed by atoms with E-state index < -0.39 is 5.97 Å². The zero-order chi connectivity index (χ0) is 10.1. The van der Waals surface area contributed by atoms with Gasteiger partial charge in [-0.05, 0) is 6.07 Å². The first-order chi connectivity index (χ1) is 6.68. The Hall–Kier alpha value is -1.62. The molecule has 2 aromatic rings. The van der Waals surface area contributed by atoms with Crippen LogP contribution in [0, 0.1) is 0 Å². The van der Waals surface area contributed by atoms with E-state index in [1.807, 2.05) is 0 Å². The fourth-order valence-corrected chi connectivity index (χ4v) is 1.44. The number of fused-ring (bicyclic) bond motifs is 1. The molecule has 0 atom stereocenters. The monoisotopic (exact) mass is 211 g/mol. The predicted molar refractivity (Wildman–Crippen MR) is 49.3 cm³/mol. The van der Waals surface area contributed by atoms with Gasteiger partial charge >= 0.3 is 5.97 Å². The molecule has 5 nitrogen and oxygen atoms in total. The van der Waals surface area contributed by atoms with Crippen LogP contribution in [0.3, 0.4) is 0 Å². The minimum absolute atomic E-state index is 0.161. The number of carbonyl (C=O) groups is 1. The van der Waals surface area contributed by atoms with Crippen molar-refractivity contribution in [2.24, 2.45) is 0 Å². The molecule has 0 unspecified atom stereocenters. The Bertz CT molecular complexity index is 494. The average Bonchev–Trinajstić information content (AvgIpc) is 2.43.